The SMILES string of the molecule is COc1c(OC)c(-c2cccc3ccccc23)c2c(c1-c1cccc3ccccc13)CC=CC2. The van der Waals surface area contributed by atoms with Crippen LogP contribution in [0.25, 0.3) is 43.8 Å². The van der Waals surface area contributed by atoms with Crippen molar-refractivity contribution < 1.29 is 9.47 Å². The minimum absolute atomic E-state index is 0.802. The minimum atomic E-state index is 0.802. The van der Waals surface area contributed by atoms with E-state index in [1.54, 1.807) is 14.2 Å². The summed E-state index contributed by atoms with van der Waals surface area (Å²) in [6.45, 7) is 0. The van der Waals surface area contributed by atoms with Crippen LogP contribution in [-0.4, -0.2) is 14.2 Å². The van der Waals surface area contributed by atoms with Crippen molar-refractivity contribution in [2.24, 2.45) is 0 Å². The van der Waals surface area contributed by atoms with Gasteiger partial charge in [0.1, 0.15) is 0 Å². The second kappa shape index (κ2) is 8.39. The number of hydrogen-bond donors (Lipinski definition) is 0. The molecular weight excluding hydrogens is 416 g/mol. The summed E-state index contributed by atoms with van der Waals surface area (Å²) in [4.78, 5) is 0. The minimum Gasteiger partial charge on any atom is -0.492 e. The standard InChI is InChI=1S/C32H26O2/c1-33-31-29(25-19-9-13-21-11-3-5-15-23(21)25)27-17-7-8-18-28(27)30(32(31)34-2)26-20-10-14-22-12-4-6-16-24(22)26/h3-16,19-20H,17-18H2,1-2H3. The van der Waals surface area contributed by atoms with Gasteiger partial charge in [0.05, 0.1) is 14.2 Å². The van der Waals surface area contributed by atoms with Gasteiger partial charge >= 0.3 is 0 Å². The van der Waals surface area contributed by atoms with Crippen molar-refractivity contribution in [3.05, 3.63) is 108 Å². The van der Waals surface area contributed by atoms with Gasteiger partial charge in [-0.2, -0.15) is 0 Å². The van der Waals surface area contributed by atoms with E-state index in [2.05, 4.69) is 97.1 Å². The van der Waals surface area contributed by atoms with E-state index < -0.39 is 0 Å². The first-order valence-electron chi connectivity index (χ1n) is 11.7. The van der Waals surface area contributed by atoms with E-state index in [-0.39, 0.29) is 0 Å². The number of benzene rings is 5. The van der Waals surface area contributed by atoms with Crippen LogP contribution in [0.15, 0.2) is 97.1 Å². The molecular formula is C32H26O2. The fraction of sp³-hybridized carbons (Fsp3) is 0.125. The Kier molecular flexibility index (Phi) is 5.07. The predicted molar refractivity (Wildman–Crippen MR) is 142 cm³/mol. The number of hydrogen-bond acceptors (Lipinski definition) is 2. The molecule has 0 atom stereocenters. The molecule has 0 aromatic heterocycles. The topological polar surface area (TPSA) is 18.5 Å². The molecule has 0 saturated carbocycles. The van der Waals surface area contributed by atoms with E-state index in [0.717, 1.165) is 35.5 Å². The maximum atomic E-state index is 6.16. The Labute approximate surface area is 200 Å². The third-order valence-corrected chi connectivity index (χ3v) is 6.96. The molecule has 2 heteroatoms. The summed E-state index contributed by atoms with van der Waals surface area (Å²) in [6, 6.07) is 30.1. The lowest BCUT2D eigenvalue weighted by molar-refractivity contribution is 0.356. The van der Waals surface area contributed by atoms with Crippen LogP contribution in [0.1, 0.15) is 11.1 Å². The van der Waals surface area contributed by atoms with Crippen molar-refractivity contribution in [2.45, 2.75) is 12.8 Å². The van der Waals surface area contributed by atoms with Crippen LogP contribution in [-0.2, 0) is 12.8 Å². The van der Waals surface area contributed by atoms with Gasteiger partial charge < -0.3 is 9.47 Å². The summed E-state index contributed by atoms with van der Waals surface area (Å²) >= 11 is 0. The Morgan fingerprint density at radius 2 is 0.912 bits per heavy atom. The molecule has 0 unspecified atom stereocenters. The molecule has 166 valence electrons. The smallest absolute Gasteiger partial charge is 0.169 e. The van der Waals surface area contributed by atoms with Gasteiger partial charge in [0.2, 0.25) is 0 Å². The lowest BCUT2D eigenvalue weighted by atomic mass is 9.81. The van der Waals surface area contributed by atoms with Crippen molar-refractivity contribution in [1.82, 2.24) is 0 Å². The quantitative estimate of drug-likeness (QED) is 0.263. The maximum Gasteiger partial charge on any atom is 0.169 e. The van der Waals surface area contributed by atoms with Gasteiger partial charge in [0, 0.05) is 11.1 Å². The molecule has 0 aliphatic heterocycles. The Bertz CT molecular complexity index is 1450. The summed E-state index contributed by atoms with van der Waals surface area (Å²) in [5.41, 5.74) is 7.28. The van der Waals surface area contributed by atoms with Crippen LogP contribution in [0.5, 0.6) is 11.5 Å². The van der Waals surface area contributed by atoms with E-state index in [0.29, 0.717) is 0 Å². The first kappa shape index (κ1) is 20.6. The highest BCUT2D eigenvalue weighted by Gasteiger charge is 2.28. The molecule has 0 amide bonds. The summed E-state index contributed by atoms with van der Waals surface area (Å²) in [5.74, 6) is 1.60. The zero-order valence-corrected chi connectivity index (χ0v) is 19.5. The zero-order valence-electron chi connectivity index (χ0n) is 19.5. The van der Waals surface area contributed by atoms with Crippen molar-refractivity contribution in [3.8, 4) is 33.8 Å². The molecule has 1 aliphatic rings. The third kappa shape index (κ3) is 3.10. The fourth-order valence-electron chi connectivity index (χ4n) is 5.50. The lowest BCUT2D eigenvalue weighted by Gasteiger charge is -2.27. The van der Waals surface area contributed by atoms with Crippen molar-refractivity contribution in [1.29, 1.82) is 0 Å². The average molecular weight is 443 g/mol. The van der Waals surface area contributed by atoms with Gasteiger partial charge in [-0.3, -0.25) is 0 Å². The maximum absolute atomic E-state index is 6.16. The van der Waals surface area contributed by atoms with E-state index >= 15 is 0 Å². The molecule has 0 N–H and O–H groups in total. The zero-order chi connectivity index (χ0) is 23.1. The summed E-state index contributed by atoms with van der Waals surface area (Å²) in [6.07, 6.45) is 6.28. The van der Waals surface area contributed by atoms with Crippen LogP contribution >= 0.6 is 0 Å². The summed E-state index contributed by atoms with van der Waals surface area (Å²) in [5, 5.41) is 4.89. The first-order chi connectivity index (χ1) is 16.8. The van der Waals surface area contributed by atoms with Gasteiger partial charge in [-0.05, 0) is 56.6 Å². The van der Waals surface area contributed by atoms with E-state index in [1.807, 2.05) is 0 Å². The van der Waals surface area contributed by atoms with E-state index in [9.17, 15) is 0 Å². The van der Waals surface area contributed by atoms with Gasteiger partial charge in [-0.1, -0.05) is 97.1 Å². The number of fused-ring (bicyclic) bond motifs is 3. The number of ether oxygens (including phenoxy) is 2. The molecule has 6 rings (SSSR count). The van der Waals surface area contributed by atoms with Crippen LogP contribution in [0.3, 0.4) is 0 Å². The lowest BCUT2D eigenvalue weighted by Crippen LogP contribution is -2.08. The van der Waals surface area contributed by atoms with Crippen LogP contribution in [0, 0.1) is 0 Å². The molecule has 0 heterocycles. The first-order valence-corrected chi connectivity index (χ1v) is 11.7. The van der Waals surface area contributed by atoms with E-state index in [4.69, 9.17) is 9.47 Å². The van der Waals surface area contributed by atoms with Gasteiger partial charge in [0.25, 0.3) is 0 Å². The fourth-order valence-corrected chi connectivity index (χ4v) is 5.50. The number of methoxy groups -OCH3 is 2. The van der Waals surface area contributed by atoms with Gasteiger partial charge in [-0.25, -0.2) is 0 Å². The third-order valence-electron chi connectivity index (χ3n) is 6.96. The molecule has 0 spiro atoms. The van der Waals surface area contributed by atoms with Gasteiger partial charge in [-0.15, -0.1) is 0 Å². The van der Waals surface area contributed by atoms with Crippen molar-refractivity contribution in [2.75, 3.05) is 14.2 Å². The van der Waals surface area contributed by atoms with Crippen LogP contribution in [0.4, 0.5) is 0 Å². The molecule has 0 radical (unpaired) electrons. The van der Waals surface area contributed by atoms with Gasteiger partial charge in [0.15, 0.2) is 11.5 Å². The Morgan fingerprint density at radius 1 is 0.500 bits per heavy atom. The van der Waals surface area contributed by atoms with Crippen molar-refractivity contribution >= 4 is 21.5 Å². The Hall–Kier alpha value is -4.04. The highest BCUT2D eigenvalue weighted by Crippen LogP contribution is 2.52. The largest absolute Gasteiger partial charge is 0.492 e. The number of rotatable bonds is 4. The Balaban J connectivity index is 1.76. The molecule has 0 saturated heterocycles. The highest BCUT2D eigenvalue weighted by atomic mass is 16.5. The second-order valence-corrected chi connectivity index (χ2v) is 8.71. The van der Waals surface area contributed by atoms with E-state index in [1.165, 1.54) is 43.8 Å². The molecule has 0 bridgehead atoms. The summed E-state index contributed by atoms with van der Waals surface area (Å²) < 4.78 is 12.3. The molecule has 1 aliphatic carbocycles. The monoisotopic (exact) mass is 442 g/mol. The predicted octanol–water partition coefficient (Wildman–Crippen LogP) is 8.00. The molecule has 2 nitrogen and oxygen atoms in total. The molecule has 5 aromatic carbocycles. The van der Waals surface area contributed by atoms with Crippen LogP contribution in [0.2, 0.25) is 0 Å². The second-order valence-electron chi connectivity index (χ2n) is 8.71. The normalized spacial score (nSPS) is 12.6. The number of allylic oxidation sites excluding steroid dienone is 2. The highest BCUT2D eigenvalue weighted by molar-refractivity contribution is 6.04. The molecule has 5 aromatic rings. The summed E-state index contributed by atoms with van der Waals surface area (Å²) in [7, 11) is 3.51. The molecule has 0 fully saturated rings. The average Bonchev–Trinajstić information content (AvgIpc) is 2.91. The molecule has 34 heavy (non-hydrogen) atoms. The van der Waals surface area contributed by atoms with Crippen molar-refractivity contribution in [3.63, 3.8) is 0 Å². The van der Waals surface area contributed by atoms with Crippen LogP contribution < -0.4 is 9.47 Å². The Morgan fingerprint density at radius 3 is 1.35 bits per heavy atom.